The van der Waals surface area contributed by atoms with Crippen molar-refractivity contribution in [3.63, 3.8) is 0 Å². The second-order valence-electron chi connectivity index (χ2n) is 5.38. The van der Waals surface area contributed by atoms with E-state index in [0.717, 1.165) is 11.1 Å². The smallest absolute Gasteiger partial charge is 0.263 e. The number of nitrogens with zero attached hydrogens (tertiary/aromatic N) is 2. The Morgan fingerprint density at radius 3 is 2.72 bits per heavy atom. The lowest BCUT2D eigenvalue weighted by molar-refractivity contribution is -0.118. The molecule has 0 atom stereocenters. The highest BCUT2D eigenvalue weighted by atomic mass is 32.2. The first-order chi connectivity index (χ1) is 12.2. The fourth-order valence-electron chi connectivity index (χ4n) is 2.60. The Balaban J connectivity index is 2.05. The van der Waals surface area contributed by atoms with Gasteiger partial charge in [-0.2, -0.15) is 0 Å². The largest absolute Gasteiger partial charge is 0.356 e. The summed E-state index contributed by atoms with van der Waals surface area (Å²) in [6.45, 7) is 4.91. The van der Waals surface area contributed by atoms with Crippen molar-refractivity contribution >= 4 is 39.2 Å². The van der Waals surface area contributed by atoms with Gasteiger partial charge in [0.15, 0.2) is 5.16 Å². The van der Waals surface area contributed by atoms with E-state index in [2.05, 4.69) is 10.3 Å². The predicted octanol–water partition coefficient (Wildman–Crippen LogP) is 3.37. The van der Waals surface area contributed by atoms with Gasteiger partial charge in [0.25, 0.3) is 5.56 Å². The lowest BCUT2D eigenvalue weighted by Crippen LogP contribution is -2.26. The van der Waals surface area contributed by atoms with Crippen molar-refractivity contribution in [1.29, 1.82) is 0 Å². The SMILES string of the molecule is CCNC(=O)CSc1nc2scc(-c3ccccc3)c2c(=O)n1CC. The fourth-order valence-corrected chi connectivity index (χ4v) is 4.48. The van der Waals surface area contributed by atoms with E-state index in [1.807, 2.05) is 49.6 Å². The summed E-state index contributed by atoms with van der Waals surface area (Å²) in [7, 11) is 0. The number of thioether (sulfide) groups is 1. The molecule has 0 aliphatic heterocycles. The molecule has 0 saturated carbocycles. The van der Waals surface area contributed by atoms with Crippen molar-refractivity contribution < 1.29 is 4.79 Å². The van der Waals surface area contributed by atoms with Gasteiger partial charge in [-0.1, -0.05) is 42.1 Å². The summed E-state index contributed by atoms with van der Waals surface area (Å²) in [6.07, 6.45) is 0. The fraction of sp³-hybridized carbons (Fsp3) is 0.278. The molecule has 0 unspecified atom stereocenters. The summed E-state index contributed by atoms with van der Waals surface area (Å²) in [5.41, 5.74) is 1.88. The zero-order valence-corrected chi connectivity index (χ0v) is 15.7. The number of hydrogen-bond donors (Lipinski definition) is 1. The maximum absolute atomic E-state index is 13.0. The van der Waals surface area contributed by atoms with Gasteiger partial charge >= 0.3 is 0 Å². The Bertz CT molecular complexity index is 948. The quantitative estimate of drug-likeness (QED) is 0.531. The third-order valence-corrected chi connectivity index (χ3v) is 5.61. The van der Waals surface area contributed by atoms with Gasteiger partial charge in [-0.15, -0.1) is 11.3 Å². The molecule has 25 heavy (non-hydrogen) atoms. The Morgan fingerprint density at radius 2 is 2.04 bits per heavy atom. The minimum absolute atomic E-state index is 0.0500. The highest BCUT2D eigenvalue weighted by molar-refractivity contribution is 7.99. The zero-order chi connectivity index (χ0) is 17.8. The lowest BCUT2D eigenvalue weighted by atomic mass is 10.1. The summed E-state index contributed by atoms with van der Waals surface area (Å²) in [6, 6.07) is 9.86. The van der Waals surface area contributed by atoms with E-state index in [0.29, 0.717) is 28.5 Å². The molecule has 0 bridgehead atoms. The Labute approximate surface area is 154 Å². The average molecular weight is 374 g/mol. The molecule has 5 nitrogen and oxygen atoms in total. The number of thiophene rings is 1. The molecular formula is C18H19N3O2S2. The van der Waals surface area contributed by atoms with Gasteiger partial charge in [-0.05, 0) is 19.4 Å². The molecule has 0 spiro atoms. The summed E-state index contributed by atoms with van der Waals surface area (Å²) in [4.78, 5) is 30.1. The second kappa shape index (κ2) is 7.84. The van der Waals surface area contributed by atoms with Crippen LogP contribution in [0.4, 0.5) is 0 Å². The number of nitrogens with one attached hydrogen (secondary N) is 1. The van der Waals surface area contributed by atoms with Crippen LogP contribution in [-0.2, 0) is 11.3 Å². The highest BCUT2D eigenvalue weighted by Gasteiger charge is 2.17. The summed E-state index contributed by atoms with van der Waals surface area (Å²) in [5, 5.41) is 5.98. The highest BCUT2D eigenvalue weighted by Crippen LogP contribution is 2.32. The van der Waals surface area contributed by atoms with E-state index in [4.69, 9.17) is 0 Å². The van der Waals surface area contributed by atoms with Crippen molar-refractivity contribution in [3.8, 4) is 11.1 Å². The first-order valence-electron chi connectivity index (χ1n) is 8.12. The number of carbonyl (C=O) groups is 1. The number of amides is 1. The van der Waals surface area contributed by atoms with Crippen molar-refractivity contribution in [1.82, 2.24) is 14.9 Å². The van der Waals surface area contributed by atoms with Crippen LogP contribution in [0.1, 0.15) is 13.8 Å². The number of rotatable bonds is 6. The molecular weight excluding hydrogens is 354 g/mol. The summed E-state index contributed by atoms with van der Waals surface area (Å²) in [5.74, 6) is 0.198. The van der Waals surface area contributed by atoms with Crippen LogP contribution in [0.15, 0.2) is 45.7 Å². The molecule has 1 amide bonds. The van der Waals surface area contributed by atoms with E-state index < -0.39 is 0 Å². The summed E-state index contributed by atoms with van der Waals surface area (Å²) >= 11 is 2.76. The van der Waals surface area contributed by atoms with Crippen LogP contribution in [-0.4, -0.2) is 27.8 Å². The maximum atomic E-state index is 13.0. The molecule has 0 fully saturated rings. The molecule has 0 saturated heterocycles. The van der Waals surface area contributed by atoms with Crippen LogP contribution in [0.25, 0.3) is 21.3 Å². The van der Waals surface area contributed by atoms with Gasteiger partial charge in [-0.3, -0.25) is 14.2 Å². The molecule has 1 N–H and O–H groups in total. The molecule has 0 radical (unpaired) electrons. The van der Waals surface area contributed by atoms with Crippen molar-refractivity contribution in [3.05, 3.63) is 46.1 Å². The number of benzene rings is 1. The van der Waals surface area contributed by atoms with Crippen molar-refractivity contribution in [2.45, 2.75) is 25.5 Å². The van der Waals surface area contributed by atoms with Gasteiger partial charge < -0.3 is 5.32 Å². The number of carbonyl (C=O) groups excluding carboxylic acids is 1. The van der Waals surface area contributed by atoms with Crippen LogP contribution in [0.5, 0.6) is 0 Å². The number of aromatic nitrogens is 2. The van der Waals surface area contributed by atoms with Crippen LogP contribution in [0.2, 0.25) is 0 Å². The van der Waals surface area contributed by atoms with Crippen molar-refractivity contribution in [2.75, 3.05) is 12.3 Å². The number of fused-ring (bicyclic) bond motifs is 1. The molecule has 0 aliphatic carbocycles. The summed E-state index contributed by atoms with van der Waals surface area (Å²) < 4.78 is 1.64. The van der Waals surface area contributed by atoms with Gasteiger partial charge in [0.1, 0.15) is 4.83 Å². The molecule has 2 heterocycles. The topological polar surface area (TPSA) is 64.0 Å². The first kappa shape index (κ1) is 17.7. The van der Waals surface area contributed by atoms with E-state index in [9.17, 15) is 9.59 Å². The second-order valence-corrected chi connectivity index (χ2v) is 7.18. The zero-order valence-electron chi connectivity index (χ0n) is 14.1. The Morgan fingerprint density at radius 1 is 1.28 bits per heavy atom. The minimum atomic E-state index is -0.0550. The van der Waals surface area contributed by atoms with Crippen LogP contribution < -0.4 is 10.9 Å². The van der Waals surface area contributed by atoms with Gasteiger partial charge in [-0.25, -0.2) is 4.98 Å². The third-order valence-electron chi connectivity index (χ3n) is 3.77. The van der Waals surface area contributed by atoms with Crippen molar-refractivity contribution in [2.24, 2.45) is 0 Å². The van der Waals surface area contributed by atoms with E-state index in [-0.39, 0.29) is 17.2 Å². The van der Waals surface area contributed by atoms with Gasteiger partial charge in [0.05, 0.1) is 11.1 Å². The predicted molar refractivity (Wildman–Crippen MR) is 104 cm³/mol. The standard InChI is InChI=1S/C18H19N3O2S2/c1-3-19-14(22)11-25-18-20-16-15(17(23)21(18)4-2)13(10-24-16)12-8-6-5-7-9-12/h5-10H,3-4,11H2,1-2H3,(H,19,22). The van der Waals surface area contributed by atoms with E-state index >= 15 is 0 Å². The average Bonchev–Trinajstić information content (AvgIpc) is 3.05. The molecule has 7 heteroatoms. The minimum Gasteiger partial charge on any atom is -0.356 e. The molecule has 2 aromatic heterocycles. The molecule has 3 rings (SSSR count). The number of hydrogen-bond acceptors (Lipinski definition) is 5. The van der Waals surface area contributed by atoms with Gasteiger partial charge in [0.2, 0.25) is 5.91 Å². The molecule has 3 aromatic rings. The van der Waals surface area contributed by atoms with E-state index in [1.54, 1.807) is 4.57 Å². The third kappa shape index (κ3) is 3.62. The molecule has 1 aromatic carbocycles. The van der Waals surface area contributed by atoms with Crippen LogP contribution in [0, 0.1) is 0 Å². The monoisotopic (exact) mass is 373 g/mol. The van der Waals surface area contributed by atoms with E-state index in [1.165, 1.54) is 23.1 Å². The lowest BCUT2D eigenvalue weighted by Gasteiger charge is -2.10. The van der Waals surface area contributed by atoms with Crippen LogP contribution >= 0.6 is 23.1 Å². The maximum Gasteiger partial charge on any atom is 0.263 e. The Hall–Kier alpha value is -2.12. The van der Waals surface area contributed by atoms with Gasteiger partial charge in [0, 0.05) is 24.0 Å². The normalized spacial score (nSPS) is 11.0. The van der Waals surface area contributed by atoms with Crippen LogP contribution in [0.3, 0.4) is 0 Å². The molecule has 130 valence electrons. The molecule has 0 aliphatic rings. The Kier molecular flexibility index (Phi) is 5.55. The first-order valence-corrected chi connectivity index (χ1v) is 9.99.